The van der Waals surface area contributed by atoms with Gasteiger partial charge in [-0.2, -0.15) is 13.2 Å². The minimum absolute atomic E-state index is 0.0583. The molecule has 2 aliphatic heterocycles. The minimum Gasteiger partial charge on any atom is -0.497 e. The molecule has 3 atom stereocenters. The number of nitrogens with one attached hydrogen (secondary N) is 2. The second kappa shape index (κ2) is 12.0. The zero-order chi connectivity index (χ0) is 32.0. The van der Waals surface area contributed by atoms with Crippen molar-refractivity contribution < 1.29 is 37.0 Å². The topological polar surface area (TPSA) is 118 Å². The highest BCUT2D eigenvalue weighted by molar-refractivity contribution is 9.10. The summed E-state index contributed by atoms with van der Waals surface area (Å²) >= 11 is 5.48. The normalized spacial score (nSPS) is 19.2. The van der Waals surface area contributed by atoms with Crippen LogP contribution in [0.1, 0.15) is 21.9 Å². The lowest BCUT2D eigenvalue weighted by molar-refractivity contribution is -0.137. The monoisotopic (exact) mass is 719 g/mol. The van der Waals surface area contributed by atoms with E-state index in [1.54, 1.807) is 42.5 Å². The van der Waals surface area contributed by atoms with Gasteiger partial charge >= 0.3 is 11.0 Å². The number of alkyl halides is 3. The van der Waals surface area contributed by atoms with Crippen molar-refractivity contribution in [1.29, 1.82) is 0 Å². The Kier molecular flexibility index (Phi) is 8.26. The van der Waals surface area contributed by atoms with E-state index in [1.165, 1.54) is 19.2 Å². The van der Waals surface area contributed by atoms with E-state index in [4.69, 9.17) is 9.47 Å². The fourth-order valence-electron chi connectivity index (χ4n) is 5.35. The largest absolute Gasteiger partial charge is 0.497 e. The van der Waals surface area contributed by atoms with Gasteiger partial charge in [0.05, 0.1) is 29.3 Å². The Balaban J connectivity index is 1.32. The highest BCUT2D eigenvalue weighted by atomic mass is 79.9. The van der Waals surface area contributed by atoms with E-state index in [0.717, 1.165) is 40.1 Å². The lowest BCUT2D eigenvalue weighted by atomic mass is 9.82. The summed E-state index contributed by atoms with van der Waals surface area (Å²) in [4.78, 5) is 57.1. The maximum Gasteiger partial charge on any atom is 0.416 e. The predicted octanol–water partition coefficient (Wildman–Crippen LogP) is 6.04. The van der Waals surface area contributed by atoms with E-state index in [2.05, 4.69) is 26.2 Å². The SMILES string of the molecule is COc1ccc(N2C(=O)C3Sc4[nH]c(=O)sc4[C@H](c4cc(Br)ccc4OCC(=O)Nc4cccc(C(F)(F)F)c4)C3C2=O)cc1. The van der Waals surface area contributed by atoms with Gasteiger partial charge in [-0.25, -0.2) is 4.90 Å². The molecule has 0 saturated carbocycles. The van der Waals surface area contributed by atoms with Crippen molar-refractivity contribution >= 4 is 68.1 Å². The molecule has 4 aromatic rings. The number of carbonyl (C=O) groups excluding carboxylic acids is 3. The highest BCUT2D eigenvalue weighted by Gasteiger charge is 2.57. The quantitative estimate of drug-likeness (QED) is 0.224. The molecule has 9 nitrogen and oxygen atoms in total. The van der Waals surface area contributed by atoms with Crippen molar-refractivity contribution in [2.45, 2.75) is 22.4 Å². The van der Waals surface area contributed by atoms with Crippen molar-refractivity contribution in [3.63, 3.8) is 0 Å². The van der Waals surface area contributed by atoms with Gasteiger partial charge in [0.1, 0.15) is 16.7 Å². The van der Waals surface area contributed by atoms with Crippen LogP contribution in [0, 0.1) is 5.92 Å². The third-order valence-corrected chi connectivity index (χ3v) is 10.2. The number of rotatable bonds is 7. The highest BCUT2D eigenvalue weighted by Crippen LogP contribution is 2.54. The fraction of sp³-hybridized carbons (Fsp3) is 0.200. The van der Waals surface area contributed by atoms with E-state index in [0.29, 0.717) is 31.4 Å². The molecule has 2 N–H and O–H groups in total. The number of amides is 3. The Morgan fingerprint density at radius 2 is 1.80 bits per heavy atom. The fourth-order valence-corrected chi connectivity index (χ4v) is 8.23. The van der Waals surface area contributed by atoms with Crippen LogP contribution < -0.4 is 24.6 Å². The Morgan fingerprint density at radius 1 is 1.04 bits per heavy atom. The number of aromatic nitrogens is 1. The first kappa shape index (κ1) is 30.9. The summed E-state index contributed by atoms with van der Waals surface area (Å²) in [6.45, 7) is -0.568. The number of aromatic amines is 1. The number of H-pyrrole nitrogens is 1. The maximum atomic E-state index is 14.0. The molecule has 2 aliphatic rings. The summed E-state index contributed by atoms with van der Waals surface area (Å²) in [6.07, 6.45) is -4.58. The van der Waals surface area contributed by atoms with Crippen LogP contribution in [0.15, 0.2) is 81.0 Å². The number of fused-ring (bicyclic) bond motifs is 2. The van der Waals surface area contributed by atoms with E-state index >= 15 is 0 Å². The summed E-state index contributed by atoms with van der Waals surface area (Å²) < 4.78 is 51.0. The summed E-state index contributed by atoms with van der Waals surface area (Å²) in [5.74, 6) is -2.59. The van der Waals surface area contributed by atoms with Gasteiger partial charge < -0.3 is 19.8 Å². The predicted molar refractivity (Wildman–Crippen MR) is 165 cm³/mol. The van der Waals surface area contributed by atoms with Gasteiger partial charge in [-0.15, -0.1) is 0 Å². The van der Waals surface area contributed by atoms with E-state index in [1.807, 2.05) is 0 Å². The van der Waals surface area contributed by atoms with Crippen LogP contribution in [0.2, 0.25) is 0 Å². The van der Waals surface area contributed by atoms with Crippen LogP contribution >= 0.6 is 39.0 Å². The first-order valence-corrected chi connectivity index (χ1v) is 15.7. The number of ether oxygens (including phenoxy) is 2. The molecule has 0 aliphatic carbocycles. The zero-order valence-electron chi connectivity index (χ0n) is 23.0. The van der Waals surface area contributed by atoms with Crippen LogP contribution in [0.25, 0.3) is 0 Å². The van der Waals surface area contributed by atoms with Crippen molar-refractivity contribution in [1.82, 2.24) is 4.98 Å². The van der Waals surface area contributed by atoms with Crippen LogP contribution in [0.3, 0.4) is 0 Å². The average Bonchev–Trinajstić information content (AvgIpc) is 3.50. The number of thioether (sulfide) groups is 1. The molecule has 232 valence electrons. The number of benzene rings is 3. The number of halogens is 4. The van der Waals surface area contributed by atoms with Gasteiger partial charge in [0.2, 0.25) is 11.8 Å². The molecule has 3 heterocycles. The third kappa shape index (κ3) is 5.99. The van der Waals surface area contributed by atoms with Crippen LogP contribution in [0.5, 0.6) is 11.5 Å². The van der Waals surface area contributed by atoms with E-state index < -0.39 is 53.2 Å². The van der Waals surface area contributed by atoms with Gasteiger partial charge in [0, 0.05) is 26.5 Å². The van der Waals surface area contributed by atoms with Gasteiger partial charge in [0.15, 0.2) is 6.61 Å². The van der Waals surface area contributed by atoms with E-state index in [9.17, 15) is 32.3 Å². The van der Waals surface area contributed by atoms with Crippen LogP contribution in [0.4, 0.5) is 24.5 Å². The first-order valence-electron chi connectivity index (χ1n) is 13.3. The number of thiazole rings is 1. The summed E-state index contributed by atoms with van der Waals surface area (Å²) in [7, 11) is 1.50. The molecule has 3 aromatic carbocycles. The standard InChI is InChI=1S/C30H21BrF3N3O6S2/c1-42-18-8-6-17(7-9-18)37-27(39)23-22(24-26(36-29(41)45-24)44-25(23)28(37)40)19-12-15(31)5-10-20(19)43-13-21(38)35-16-4-2-3-14(11-16)30(32,33)34/h2-12,22-23,25H,13H2,1H3,(H,35,38)(H,36,41)/t22-,23?,25?/m1/s1. The number of hydrogen-bond acceptors (Lipinski definition) is 8. The van der Waals surface area contributed by atoms with E-state index in [-0.39, 0.29) is 16.3 Å². The average molecular weight is 721 g/mol. The molecule has 15 heteroatoms. The van der Waals surface area contributed by atoms with Gasteiger partial charge in [0.25, 0.3) is 5.91 Å². The Hall–Kier alpha value is -4.08. The minimum atomic E-state index is -4.58. The molecule has 6 rings (SSSR count). The maximum absolute atomic E-state index is 14.0. The van der Waals surface area contributed by atoms with Crippen molar-refractivity contribution in [2.75, 3.05) is 23.9 Å². The third-order valence-electron chi connectivity index (χ3n) is 7.29. The molecule has 1 aromatic heterocycles. The molecule has 1 fully saturated rings. The van der Waals surface area contributed by atoms with Gasteiger partial charge in [-0.1, -0.05) is 45.1 Å². The van der Waals surface area contributed by atoms with Crippen molar-refractivity contribution in [2.24, 2.45) is 5.92 Å². The number of anilines is 2. The Morgan fingerprint density at radius 3 is 2.51 bits per heavy atom. The van der Waals surface area contributed by atoms with Crippen LogP contribution in [-0.2, 0) is 20.6 Å². The second-order valence-electron chi connectivity index (χ2n) is 10.1. The molecule has 0 bridgehead atoms. The summed E-state index contributed by atoms with van der Waals surface area (Å²) in [6, 6.07) is 15.6. The van der Waals surface area contributed by atoms with Crippen LogP contribution in [-0.4, -0.2) is 41.7 Å². The van der Waals surface area contributed by atoms with Crippen molar-refractivity contribution in [3.05, 3.63) is 96.9 Å². The lowest BCUT2D eigenvalue weighted by Crippen LogP contribution is -2.32. The van der Waals surface area contributed by atoms with Gasteiger partial charge in [-0.3, -0.25) is 19.2 Å². The number of methoxy groups -OCH3 is 1. The number of carbonyl (C=O) groups is 3. The molecule has 45 heavy (non-hydrogen) atoms. The number of nitrogens with zero attached hydrogens (tertiary/aromatic N) is 1. The summed E-state index contributed by atoms with van der Waals surface area (Å²) in [5, 5.41) is 2.00. The molecule has 2 unspecified atom stereocenters. The zero-order valence-corrected chi connectivity index (χ0v) is 26.2. The van der Waals surface area contributed by atoms with Gasteiger partial charge in [-0.05, 0) is 60.7 Å². The molecule has 1 saturated heterocycles. The smallest absolute Gasteiger partial charge is 0.416 e. The summed E-state index contributed by atoms with van der Waals surface area (Å²) in [5.41, 5.74) is -0.159. The Bertz CT molecular complexity index is 1880. The second-order valence-corrected chi connectivity index (χ2v) is 13.1. The molecule has 0 spiro atoms. The number of imide groups is 1. The first-order chi connectivity index (χ1) is 21.4. The molecule has 0 radical (unpaired) electrons. The number of hydrogen-bond donors (Lipinski definition) is 2. The molecular weight excluding hydrogens is 699 g/mol. The van der Waals surface area contributed by atoms with Crippen molar-refractivity contribution in [3.8, 4) is 11.5 Å². The molecular formula is C30H21BrF3N3O6S2. The molecule has 3 amide bonds. The Labute approximate surface area is 269 Å². The lowest BCUT2D eigenvalue weighted by Gasteiger charge is -2.31.